The first-order chi connectivity index (χ1) is 15.1. The Balaban J connectivity index is 1.41. The molecule has 1 N–H and O–H groups in total. The summed E-state index contributed by atoms with van der Waals surface area (Å²) >= 11 is 0. The largest absolute Gasteiger partial charge is 0.379 e. The van der Waals surface area contributed by atoms with Gasteiger partial charge in [0.1, 0.15) is 0 Å². The standard InChI is InChI=1S/C25H29N3O3/c1-19(29)28-11-10-20-6-4-5-9-23(20)24(28)16-25(30)26-17-21-7-2-3-8-22(21)18-27-12-14-31-15-13-27/h2-11,24H,12-18H2,1H3,(H,26,30)/t24-/m0/s1. The van der Waals surface area contributed by atoms with Crippen LogP contribution in [0.3, 0.4) is 0 Å². The third-order valence-corrected chi connectivity index (χ3v) is 5.94. The van der Waals surface area contributed by atoms with Crippen LogP contribution in [0.25, 0.3) is 6.08 Å². The van der Waals surface area contributed by atoms with Gasteiger partial charge in [0.05, 0.1) is 25.7 Å². The van der Waals surface area contributed by atoms with Gasteiger partial charge < -0.3 is 15.0 Å². The summed E-state index contributed by atoms with van der Waals surface area (Å²) in [5.41, 5.74) is 4.40. The van der Waals surface area contributed by atoms with Gasteiger partial charge in [-0.1, -0.05) is 48.5 Å². The molecule has 0 unspecified atom stereocenters. The van der Waals surface area contributed by atoms with Crippen molar-refractivity contribution in [3.63, 3.8) is 0 Å². The van der Waals surface area contributed by atoms with Crippen molar-refractivity contribution in [1.29, 1.82) is 0 Å². The van der Waals surface area contributed by atoms with Crippen molar-refractivity contribution < 1.29 is 14.3 Å². The first kappa shape index (κ1) is 21.3. The molecule has 2 aliphatic rings. The quantitative estimate of drug-likeness (QED) is 0.782. The Morgan fingerprint density at radius 1 is 1.03 bits per heavy atom. The maximum absolute atomic E-state index is 12.9. The Bertz CT molecular complexity index is 966. The third-order valence-electron chi connectivity index (χ3n) is 5.94. The topological polar surface area (TPSA) is 61.9 Å². The Morgan fingerprint density at radius 2 is 1.74 bits per heavy atom. The minimum Gasteiger partial charge on any atom is -0.379 e. The van der Waals surface area contributed by atoms with Crippen molar-refractivity contribution in [2.45, 2.75) is 32.5 Å². The monoisotopic (exact) mass is 419 g/mol. The van der Waals surface area contributed by atoms with E-state index < -0.39 is 0 Å². The van der Waals surface area contributed by atoms with Crippen LogP contribution in [-0.4, -0.2) is 47.9 Å². The Morgan fingerprint density at radius 3 is 2.52 bits per heavy atom. The molecule has 0 bridgehead atoms. The number of benzene rings is 2. The van der Waals surface area contributed by atoms with Crippen LogP contribution in [0.4, 0.5) is 0 Å². The van der Waals surface area contributed by atoms with Crippen molar-refractivity contribution in [2.24, 2.45) is 0 Å². The lowest BCUT2D eigenvalue weighted by Gasteiger charge is -2.32. The smallest absolute Gasteiger partial charge is 0.223 e. The highest BCUT2D eigenvalue weighted by molar-refractivity contribution is 5.81. The number of nitrogens with one attached hydrogen (secondary N) is 1. The number of rotatable bonds is 6. The van der Waals surface area contributed by atoms with Crippen LogP contribution in [0, 0.1) is 0 Å². The molecule has 2 aromatic rings. The average molecular weight is 420 g/mol. The molecule has 1 atom stereocenters. The van der Waals surface area contributed by atoms with Crippen LogP contribution >= 0.6 is 0 Å². The van der Waals surface area contributed by atoms with Crippen LogP contribution in [0.5, 0.6) is 0 Å². The Labute approximate surface area is 183 Å². The maximum atomic E-state index is 12.9. The highest BCUT2D eigenvalue weighted by atomic mass is 16.5. The van der Waals surface area contributed by atoms with E-state index in [0.717, 1.165) is 49.5 Å². The zero-order valence-corrected chi connectivity index (χ0v) is 17.9. The summed E-state index contributed by atoms with van der Waals surface area (Å²) in [7, 11) is 0. The van der Waals surface area contributed by atoms with Gasteiger partial charge in [-0.3, -0.25) is 14.5 Å². The minimum absolute atomic E-state index is 0.0671. The fourth-order valence-electron chi connectivity index (χ4n) is 4.24. The SMILES string of the molecule is CC(=O)N1C=Cc2ccccc2[C@@H]1CC(=O)NCc1ccccc1CN1CCOCC1. The van der Waals surface area contributed by atoms with Crippen molar-refractivity contribution in [2.75, 3.05) is 26.3 Å². The molecule has 4 rings (SSSR count). The zero-order chi connectivity index (χ0) is 21.6. The number of amides is 2. The van der Waals surface area contributed by atoms with E-state index in [1.807, 2.05) is 42.5 Å². The second-order valence-corrected chi connectivity index (χ2v) is 8.02. The lowest BCUT2D eigenvalue weighted by molar-refractivity contribution is -0.130. The first-order valence-electron chi connectivity index (χ1n) is 10.8. The molecule has 2 aliphatic heterocycles. The van der Waals surface area contributed by atoms with Gasteiger partial charge in [-0.2, -0.15) is 0 Å². The summed E-state index contributed by atoms with van der Waals surface area (Å²) in [5, 5.41) is 3.07. The van der Waals surface area contributed by atoms with Crippen LogP contribution in [0.2, 0.25) is 0 Å². The molecule has 2 heterocycles. The number of carbonyl (C=O) groups excluding carboxylic acids is 2. The average Bonchev–Trinajstić information content (AvgIpc) is 2.79. The van der Waals surface area contributed by atoms with E-state index in [0.29, 0.717) is 6.54 Å². The van der Waals surface area contributed by atoms with E-state index >= 15 is 0 Å². The number of morpholine rings is 1. The first-order valence-corrected chi connectivity index (χ1v) is 10.8. The fourth-order valence-corrected chi connectivity index (χ4v) is 4.24. The molecule has 0 aromatic heterocycles. The summed E-state index contributed by atoms with van der Waals surface area (Å²) in [6.07, 6.45) is 3.93. The highest BCUT2D eigenvalue weighted by Gasteiger charge is 2.28. The molecule has 2 amide bonds. The number of hydrogen-bond acceptors (Lipinski definition) is 4. The third kappa shape index (κ3) is 5.21. The molecule has 31 heavy (non-hydrogen) atoms. The molecule has 6 nitrogen and oxygen atoms in total. The van der Waals surface area contributed by atoms with Crippen LogP contribution < -0.4 is 5.32 Å². The highest BCUT2D eigenvalue weighted by Crippen LogP contribution is 2.32. The Hall–Kier alpha value is -2.96. The number of hydrogen-bond donors (Lipinski definition) is 1. The predicted molar refractivity (Wildman–Crippen MR) is 120 cm³/mol. The summed E-state index contributed by atoms with van der Waals surface area (Å²) in [6.45, 7) is 6.25. The summed E-state index contributed by atoms with van der Waals surface area (Å²) in [4.78, 5) is 29.0. The van der Waals surface area contributed by atoms with Gasteiger partial charge in [-0.05, 0) is 28.3 Å². The summed E-state index contributed by atoms with van der Waals surface area (Å²) in [5.74, 6) is -0.137. The molecule has 6 heteroatoms. The van der Waals surface area contributed by atoms with E-state index in [1.165, 1.54) is 12.5 Å². The van der Waals surface area contributed by atoms with Gasteiger partial charge in [-0.25, -0.2) is 0 Å². The van der Waals surface area contributed by atoms with Gasteiger partial charge >= 0.3 is 0 Å². The lowest BCUT2D eigenvalue weighted by atomic mass is 9.93. The molecule has 0 spiro atoms. The maximum Gasteiger partial charge on any atom is 0.223 e. The number of nitrogens with zero attached hydrogens (tertiary/aromatic N) is 2. The van der Waals surface area contributed by atoms with Gasteiger partial charge in [0.2, 0.25) is 11.8 Å². The molecule has 162 valence electrons. The molecule has 1 fully saturated rings. The Kier molecular flexibility index (Phi) is 6.79. The predicted octanol–water partition coefficient (Wildman–Crippen LogP) is 3.10. The van der Waals surface area contributed by atoms with Crippen LogP contribution in [0.1, 0.15) is 41.6 Å². The molecule has 2 aromatic carbocycles. The molecule has 0 radical (unpaired) electrons. The van der Waals surface area contributed by atoms with E-state index in [9.17, 15) is 9.59 Å². The van der Waals surface area contributed by atoms with E-state index in [1.54, 1.807) is 11.1 Å². The van der Waals surface area contributed by atoms with Crippen LogP contribution in [-0.2, 0) is 27.4 Å². The number of fused-ring (bicyclic) bond motifs is 1. The van der Waals surface area contributed by atoms with Crippen molar-refractivity contribution >= 4 is 17.9 Å². The van der Waals surface area contributed by atoms with Gasteiger partial charge in [0.25, 0.3) is 0 Å². The van der Waals surface area contributed by atoms with E-state index in [4.69, 9.17) is 4.74 Å². The van der Waals surface area contributed by atoms with Crippen molar-refractivity contribution in [1.82, 2.24) is 15.1 Å². The molecular weight excluding hydrogens is 390 g/mol. The molecule has 0 saturated carbocycles. The minimum atomic E-state index is -0.290. The number of carbonyl (C=O) groups is 2. The van der Waals surface area contributed by atoms with E-state index in [2.05, 4.69) is 22.3 Å². The second kappa shape index (κ2) is 9.90. The summed E-state index contributed by atoms with van der Waals surface area (Å²) in [6, 6.07) is 15.9. The van der Waals surface area contributed by atoms with Gasteiger partial charge in [-0.15, -0.1) is 0 Å². The lowest BCUT2D eigenvalue weighted by Crippen LogP contribution is -2.36. The fraction of sp³-hybridized carbons (Fsp3) is 0.360. The summed E-state index contributed by atoms with van der Waals surface area (Å²) < 4.78 is 5.44. The normalized spacial score (nSPS) is 18.5. The molecule has 1 saturated heterocycles. The molecular formula is C25H29N3O3. The van der Waals surface area contributed by atoms with Crippen LogP contribution in [0.15, 0.2) is 54.7 Å². The second-order valence-electron chi connectivity index (χ2n) is 8.02. The molecule has 0 aliphatic carbocycles. The number of ether oxygens (including phenoxy) is 1. The zero-order valence-electron chi connectivity index (χ0n) is 17.9. The van der Waals surface area contributed by atoms with E-state index in [-0.39, 0.29) is 24.3 Å². The van der Waals surface area contributed by atoms with Gasteiger partial charge in [0.15, 0.2) is 0 Å². The van der Waals surface area contributed by atoms with Gasteiger partial charge in [0, 0.05) is 39.3 Å². The van der Waals surface area contributed by atoms with Crippen molar-refractivity contribution in [3.05, 3.63) is 77.0 Å². The van der Waals surface area contributed by atoms with Crippen molar-refractivity contribution in [3.8, 4) is 0 Å².